The quantitative estimate of drug-likeness (QED) is 0.825. The summed E-state index contributed by atoms with van der Waals surface area (Å²) in [6.07, 6.45) is -0.0741. The maximum Gasteiger partial charge on any atom is 0.306 e. The molecule has 0 bridgehead atoms. The summed E-state index contributed by atoms with van der Waals surface area (Å²) in [7, 11) is 0. The first-order valence-electron chi connectivity index (χ1n) is 5.05. The molecule has 0 fully saturated rings. The van der Waals surface area contributed by atoms with Gasteiger partial charge in [0.25, 0.3) is 0 Å². The highest BCUT2D eigenvalue weighted by Gasteiger charge is 2.15. The number of rotatable bonds is 4. The number of hydrogen-bond acceptors (Lipinski definition) is 3. The lowest BCUT2D eigenvalue weighted by atomic mass is 10.1. The topological polar surface area (TPSA) is 90.2 Å². The van der Waals surface area contributed by atoms with Gasteiger partial charge < -0.3 is 10.4 Å². The monoisotopic (exact) mass is 232 g/mol. The van der Waals surface area contributed by atoms with Gasteiger partial charge >= 0.3 is 5.97 Å². The molecule has 17 heavy (non-hydrogen) atoms. The van der Waals surface area contributed by atoms with E-state index < -0.39 is 11.9 Å². The molecule has 0 aromatic heterocycles. The Hall–Kier alpha value is -2.35. The molecule has 0 aliphatic heterocycles. The Morgan fingerprint density at radius 3 is 2.47 bits per heavy atom. The van der Waals surface area contributed by atoms with Gasteiger partial charge in [0.1, 0.15) is 0 Å². The van der Waals surface area contributed by atoms with E-state index >= 15 is 0 Å². The minimum atomic E-state index is -1.00. The van der Waals surface area contributed by atoms with Crippen LogP contribution in [0.1, 0.15) is 18.9 Å². The minimum absolute atomic E-state index is 0.0741. The van der Waals surface area contributed by atoms with Crippen LogP contribution in [0.25, 0.3) is 0 Å². The van der Waals surface area contributed by atoms with Crippen molar-refractivity contribution in [3.63, 3.8) is 0 Å². The third-order valence-electron chi connectivity index (χ3n) is 2.21. The van der Waals surface area contributed by atoms with Gasteiger partial charge in [0.05, 0.1) is 17.6 Å². The Balaban J connectivity index is 2.56. The molecule has 5 nitrogen and oxygen atoms in total. The summed E-state index contributed by atoms with van der Waals surface area (Å²) in [6, 6.07) is 8.32. The first-order valence-corrected chi connectivity index (χ1v) is 5.05. The summed E-state index contributed by atoms with van der Waals surface area (Å²) in [5.74, 6) is -2.07. The molecule has 0 aliphatic rings. The van der Waals surface area contributed by atoms with E-state index in [1.807, 2.05) is 6.07 Å². The molecule has 0 aliphatic carbocycles. The normalized spacial score (nSPS) is 11.3. The summed E-state index contributed by atoms with van der Waals surface area (Å²) in [6.45, 7) is 1.47. The molecule has 1 unspecified atom stereocenters. The molecule has 0 radical (unpaired) electrons. The van der Waals surface area contributed by atoms with Crippen LogP contribution < -0.4 is 5.32 Å². The lowest BCUT2D eigenvalue weighted by molar-refractivity contribution is -0.142. The molecule has 2 N–H and O–H groups in total. The van der Waals surface area contributed by atoms with Crippen molar-refractivity contribution in [3.05, 3.63) is 29.8 Å². The van der Waals surface area contributed by atoms with Gasteiger partial charge in [-0.1, -0.05) is 6.92 Å². The van der Waals surface area contributed by atoms with Crippen molar-refractivity contribution in [1.29, 1.82) is 5.26 Å². The summed E-state index contributed by atoms with van der Waals surface area (Å²) in [5.41, 5.74) is 1.05. The van der Waals surface area contributed by atoms with Crippen molar-refractivity contribution in [1.82, 2.24) is 0 Å². The zero-order valence-electron chi connectivity index (χ0n) is 9.30. The second-order valence-electron chi connectivity index (χ2n) is 3.68. The zero-order valence-corrected chi connectivity index (χ0v) is 9.30. The van der Waals surface area contributed by atoms with Crippen LogP contribution in [0.2, 0.25) is 0 Å². The number of carbonyl (C=O) groups is 2. The standard InChI is InChI=1S/C12H12N2O3/c1-8(12(16)17)6-11(15)14-10-4-2-9(7-13)3-5-10/h2-5,8H,6H2,1H3,(H,14,15)(H,16,17). The second kappa shape index (κ2) is 5.66. The lowest BCUT2D eigenvalue weighted by Crippen LogP contribution is -2.19. The van der Waals surface area contributed by atoms with Gasteiger partial charge in [-0.05, 0) is 24.3 Å². The third kappa shape index (κ3) is 3.95. The number of amides is 1. The highest BCUT2D eigenvalue weighted by atomic mass is 16.4. The number of carbonyl (C=O) groups excluding carboxylic acids is 1. The van der Waals surface area contributed by atoms with E-state index in [2.05, 4.69) is 5.32 Å². The molecule has 0 spiro atoms. The average molecular weight is 232 g/mol. The van der Waals surface area contributed by atoms with Gasteiger partial charge in [-0.25, -0.2) is 0 Å². The van der Waals surface area contributed by atoms with Crippen LogP contribution in [0.3, 0.4) is 0 Å². The van der Waals surface area contributed by atoms with Crippen LogP contribution in [0.15, 0.2) is 24.3 Å². The number of anilines is 1. The Morgan fingerprint density at radius 2 is 2.00 bits per heavy atom. The van der Waals surface area contributed by atoms with E-state index in [4.69, 9.17) is 10.4 Å². The Bertz CT molecular complexity index is 460. The largest absolute Gasteiger partial charge is 0.481 e. The van der Waals surface area contributed by atoms with Gasteiger partial charge in [0.15, 0.2) is 0 Å². The summed E-state index contributed by atoms with van der Waals surface area (Å²) in [4.78, 5) is 22.0. The first kappa shape index (κ1) is 12.7. The fourth-order valence-electron chi connectivity index (χ4n) is 1.21. The average Bonchev–Trinajstić information content (AvgIpc) is 2.29. The van der Waals surface area contributed by atoms with Crippen molar-refractivity contribution < 1.29 is 14.7 Å². The van der Waals surface area contributed by atoms with Gasteiger partial charge in [-0.3, -0.25) is 9.59 Å². The maximum absolute atomic E-state index is 11.4. The minimum Gasteiger partial charge on any atom is -0.481 e. The van der Waals surface area contributed by atoms with Crippen LogP contribution in [0.4, 0.5) is 5.69 Å². The zero-order chi connectivity index (χ0) is 12.8. The van der Waals surface area contributed by atoms with E-state index in [0.717, 1.165) is 0 Å². The second-order valence-corrected chi connectivity index (χ2v) is 3.68. The fraction of sp³-hybridized carbons (Fsp3) is 0.250. The third-order valence-corrected chi connectivity index (χ3v) is 2.21. The number of hydrogen-bond donors (Lipinski definition) is 2. The van der Waals surface area contributed by atoms with E-state index in [-0.39, 0.29) is 12.3 Å². The van der Waals surface area contributed by atoms with Gasteiger partial charge in [-0.15, -0.1) is 0 Å². The Kier molecular flexibility index (Phi) is 4.23. The molecule has 0 heterocycles. The maximum atomic E-state index is 11.4. The van der Waals surface area contributed by atoms with Gasteiger partial charge in [-0.2, -0.15) is 5.26 Å². The van der Waals surface area contributed by atoms with Crippen LogP contribution in [-0.4, -0.2) is 17.0 Å². The molecule has 0 saturated heterocycles. The lowest BCUT2D eigenvalue weighted by Gasteiger charge is -2.07. The molecule has 1 amide bonds. The summed E-state index contributed by atoms with van der Waals surface area (Å²) < 4.78 is 0. The number of nitriles is 1. The number of carboxylic acid groups (broad SMARTS) is 1. The number of nitrogens with one attached hydrogen (secondary N) is 1. The van der Waals surface area contributed by atoms with Crippen LogP contribution >= 0.6 is 0 Å². The van der Waals surface area contributed by atoms with Crippen molar-refractivity contribution in [2.75, 3.05) is 5.32 Å². The molecule has 1 atom stereocenters. The predicted octanol–water partition coefficient (Wildman–Crippen LogP) is 1.61. The van der Waals surface area contributed by atoms with Crippen molar-refractivity contribution in [2.24, 2.45) is 5.92 Å². The van der Waals surface area contributed by atoms with E-state index in [9.17, 15) is 9.59 Å². The Morgan fingerprint density at radius 1 is 1.41 bits per heavy atom. The molecular formula is C12H12N2O3. The summed E-state index contributed by atoms with van der Waals surface area (Å²) in [5, 5.41) is 19.8. The SMILES string of the molecule is CC(CC(=O)Nc1ccc(C#N)cc1)C(=O)O. The smallest absolute Gasteiger partial charge is 0.306 e. The van der Waals surface area contributed by atoms with Crippen LogP contribution in [0, 0.1) is 17.2 Å². The molecule has 1 aromatic rings. The molecular weight excluding hydrogens is 220 g/mol. The summed E-state index contributed by atoms with van der Waals surface area (Å²) >= 11 is 0. The fourth-order valence-corrected chi connectivity index (χ4v) is 1.21. The molecule has 0 saturated carbocycles. The van der Waals surface area contributed by atoms with Gasteiger partial charge in [0, 0.05) is 12.1 Å². The van der Waals surface area contributed by atoms with E-state index in [1.54, 1.807) is 24.3 Å². The first-order chi connectivity index (χ1) is 8.02. The van der Waals surface area contributed by atoms with E-state index in [0.29, 0.717) is 11.3 Å². The molecule has 88 valence electrons. The van der Waals surface area contributed by atoms with E-state index in [1.165, 1.54) is 6.92 Å². The number of carboxylic acids is 1. The number of benzene rings is 1. The predicted molar refractivity (Wildman–Crippen MR) is 61.2 cm³/mol. The highest BCUT2D eigenvalue weighted by Crippen LogP contribution is 2.10. The van der Waals surface area contributed by atoms with Crippen LogP contribution in [0.5, 0.6) is 0 Å². The van der Waals surface area contributed by atoms with Crippen LogP contribution in [-0.2, 0) is 9.59 Å². The molecule has 1 aromatic carbocycles. The van der Waals surface area contributed by atoms with Crippen molar-refractivity contribution in [3.8, 4) is 6.07 Å². The molecule has 1 rings (SSSR count). The Labute approximate surface area is 98.7 Å². The van der Waals surface area contributed by atoms with Crippen molar-refractivity contribution in [2.45, 2.75) is 13.3 Å². The van der Waals surface area contributed by atoms with Gasteiger partial charge in [0.2, 0.25) is 5.91 Å². The molecule has 5 heteroatoms. The van der Waals surface area contributed by atoms with Crippen molar-refractivity contribution >= 4 is 17.6 Å². The highest BCUT2D eigenvalue weighted by molar-refractivity contribution is 5.93. The number of aliphatic carboxylic acids is 1. The number of nitrogens with zero attached hydrogens (tertiary/aromatic N) is 1.